The number of fused-ring (bicyclic) bond motifs is 1. The molecule has 0 saturated carbocycles. The number of hydrogen-bond acceptors (Lipinski definition) is 6. The molecule has 0 fully saturated rings. The van der Waals surface area contributed by atoms with Gasteiger partial charge >= 0.3 is 0 Å². The van der Waals surface area contributed by atoms with E-state index in [1.807, 2.05) is 0 Å². The van der Waals surface area contributed by atoms with Gasteiger partial charge in [-0.05, 0) is 6.07 Å². The van der Waals surface area contributed by atoms with Crippen LogP contribution in [0.4, 0.5) is 11.4 Å². The third-order valence-electron chi connectivity index (χ3n) is 2.65. The van der Waals surface area contributed by atoms with E-state index in [9.17, 15) is 28.2 Å². The van der Waals surface area contributed by atoms with Crippen LogP contribution in [0.15, 0.2) is 29.2 Å². The van der Waals surface area contributed by atoms with E-state index < -0.39 is 25.7 Å². The van der Waals surface area contributed by atoms with Crippen molar-refractivity contribution in [3.8, 4) is 5.75 Å². The van der Waals surface area contributed by atoms with E-state index in [1.54, 1.807) is 22.9 Å². The van der Waals surface area contributed by atoms with Crippen molar-refractivity contribution in [1.29, 1.82) is 0 Å². The van der Waals surface area contributed by atoms with E-state index in [1.165, 1.54) is 12.1 Å². The van der Waals surface area contributed by atoms with Gasteiger partial charge in [-0.3, -0.25) is 14.7 Å². The van der Waals surface area contributed by atoms with Crippen molar-refractivity contribution in [1.82, 2.24) is 0 Å². The Morgan fingerprint density at radius 1 is 1.25 bits per heavy atom. The largest absolute Gasteiger partial charge is 0.506 e. The van der Waals surface area contributed by atoms with Crippen LogP contribution in [0.25, 0.3) is 10.8 Å². The molecule has 10 heteroatoms. The maximum atomic E-state index is 11.3. The van der Waals surface area contributed by atoms with Gasteiger partial charge in [-0.2, -0.15) is 8.42 Å². The lowest BCUT2D eigenvalue weighted by atomic mass is 10.1. The second-order valence-corrected chi connectivity index (χ2v) is 5.75. The fraction of sp³-hybridized carbons (Fsp3) is 0. The minimum Gasteiger partial charge on any atom is -0.506 e. The molecule has 3 N–H and O–H groups in total. The number of nitrogens with one attached hydrogen (secondary N) is 1. The normalized spacial score (nSPS) is 11.5. The minimum atomic E-state index is -4.63. The maximum Gasteiger partial charge on any atom is 0.295 e. The van der Waals surface area contributed by atoms with Crippen molar-refractivity contribution in [2.24, 2.45) is 0 Å². The van der Waals surface area contributed by atoms with E-state index in [0.29, 0.717) is 0 Å². The quantitative estimate of drug-likeness (QED) is 0.177. The Hall–Kier alpha value is -1.66. The molecule has 0 atom stereocenters. The van der Waals surface area contributed by atoms with Crippen molar-refractivity contribution in [3.63, 3.8) is 0 Å². The Morgan fingerprint density at radius 2 is 1.90 bits per heavy atom. The molecular weight excluding hydrogens is 403 g/mol. The van der Waals surface area contributed by atoms with Crippen molar-refractivity contribution >= 4 is 55.1 Å². The van der Waals surface area contributed by atoms with Crippen molar-refractivity contribution in [2.45, 2.75) is 4.90 Å². The molecule has 0 saturated heterocycles. The summed E-state index contributed by atoms with van der Waals surface area (Å²) < 4.78 is 34.5. The molecule has 0 aliphatic heterocycles. The summed E-state index contributed by atoms with van der Waals surface area (Å²) in [6.45, 7) is 0. The molecule has 0 heterocycles. The summed E-state index contributed by atoms with van der Waals surface area (Å²) in [4.78, 5) is 9.48. The fourth-order valence-corrected chi connectivity index (χ4v) is 3.07. The van der Waals surface area contributed by atoms with Gasteiger partial charge in [0.25, 0.3) is 15.8 Å². The summed E-state index contributed by atoms with van der Waals surface area (Å²) in [5.41, 5.74) is -0.129. The maximum absolute atomic E-state index is 11.3. The zero-order valence-corrected chi connectivity index (χ0v) is 12.5. The first-order valence-corrected chi connectivity index (χ1v) is 7.56. The van der Waals surface area contributed by atoms with Crippen molar-refractivity contribution in [3.05, 3.63) is 34.4 Å². The molecule has 8 nitrogen and oxygen atoms in total. The molecule has 2 aromatic carbocycles. The highest BCUT2D eigenvalue weighted by atomic mass is 127. The fourth-order valence-electron chi connectivity index (χ4n) is 1.79. The number of phenolic OH excluding ortho intramolecular Hbond substituents is 1. The van der Waals surface area contributed by atoms with Crippen LogP contribution in [-0.2, 0) is 10.1 Å². The van der Waals surface area contributed by atoms with Crippen LogP contribution in [-0.4, -0.2) is 23.0 Å². The number of halogens is 1. The second kappa shape index (κ2) is 5.03. The highest BCUT2D eigenvalue weighted by Gasteiger charge is 2.21. The predicted molar refractivity (Wildman–Crippen MR) is 79.7 cm³/mol. The van der Waals surface area contributed by atoms with E-state index in [4.69, 9.17) is 0 Å². The molecule has 0 aliphatic carbocycles. The van der Waals surface area contributed by atoms with Crippen LogP contribution in [0.3, 0.4) is 0 Å². The monoisotopic (exact) mass is 410 g/mol. The lowest BCUT2D eigenvalue weighted by molar-refractivity contribution is -0.384. The van der Waals surface area contributed by atoms with Gasteiger partial charge in [0.15, 0.2) is 0 Å². The summed E-state index contributed by atoms with van der Waals surface area (Å²) in [7, 11) is -4.63. The molecule has 0 aliphatic rings. The summed E-state index contributed by atoms with van der Waals surface area (Å²) in [5, 5.41) is 20.7. The summed E-state index contributed by atoms with van der Waals surface area (Å²) >= 11 is 1.73. The smallest absolute Gasteiger partial charge is 0.295 e. The van der Waals surface area contributed by atoms with Crippen LogP contribution >= 0.6 is 22.9 Å². The zero-order valence-electron chi connectivity index (χ0n) is 9.57. The summed E-state index contributed by atoms with van der Waals surface area (Å²) in [6.07, 6.45) is 0. The lowest BCUT2D eigenvalue weighted by Crippen LogP contribution is -2.01. The molecule has 2 aromatic rings. The van der Waals surface area contributed by atoms with Crippen LogP contribution in [0.2, 0.25) is 0 Å². The Bertz CT molecular complexity index is 820. The van der Waals surface area contributed by atoms with Crippen LogP contribution in [0.1, 0.15) is 0 Å². The Balaban J connectivity index is 2.99. The third kappa shape index (κ3) is 2.48. The molecule has 0 spiro atoms. The van der Waals surface area contributed by atoms with Crippen LogP contribution in [0.5, 0.6) is 5.75 Å². The first-order chi connectivity index (χ1) is 9.25. The number of nitrogens with zero attached hydrogens (tertiary/aromatic N) is 1. The standard InChI is InChI=1S/C10H7IN2O6S/c11-12-10-6-2-1-5(13(15)16)3-7(6)9(4-8(10)14)20(17,18)19/h1-4,12,14H,(H,17,18,19). The molecule has 106 valence electrons. The molecular formula is C10H7IN2O6S. The molecule has 0 unspecified atom stereocenters. The molecule has 2 rings (SSSR count). The van der Waals surface area contributed by atoms with Gasteiger partial charge < -0.3 is 8.64 Å². The Labute approximate surface area is 126 Å². The van der Waals surface area contributed by atoms with Crippen LogP contribution in [0, 0.1) is 10.1 Å². The third-order valence-corrected chi connectivity index (χ3v) is 4.08. The molecule has 0 radical (unpaired) electrons. The summed E-state index contributed by atoms with van der Waals surface area (Å²) in [6, 6.07) is 4.33. The number of aromatic hydroxyl groups is 1. The average Bonchev–Trinajstić information content (AvgIpc) is 2.36. The van der Waals surface area contributed by atoms with E-state index in [0.717, 1.165) is 12.1 Å². The number of non-ortho nitro benzene ring substituents is 1. The van der Waals surface area contributed by atoms with Gasteiger partial charge in [-0.15, -0.1) is 0 Å². The minimum absolute atomic E-state index is 0.0568. The van der Waals surface area contributed by atoms with Gasteiger partial charge in [0.2, 0.25) is 0 Å². The molecule has 20 heavy (non-hydrogen) atoms. The molecule has 0 aromatic heterocycles. The van der Waals surface area contributed by atoms with E-state index in [-0.39, 0.29) is 22.1 Å². The molecule has 0 bridgehead atoms. The highest BCUT2D eigenvalue weighted by molar-refractivity contribution is 14.1. The first-order valence-electron chi connectivity index (χ1n) is 5.04. The van der Waals surface area contributed by atoms with Gasteiger partial charge in [-0.1, -0.05) is 0 Å². The number of nitro groups is 1. The Kier molecular flexibility index (Phi) is 3.71. The predicted octanol–water partition coefficient (Wildman–Crippen LogP) is 2.46. The van der Waals surface area contributed by atoms with Gasteiger partial charge in [0.05, 0.1) is 33.5 Å². The highest BCUT2D eigenvalue weighted by Crippen LogP contribution is 2.39. The number of phenols is 1. The number of rotatable bonds is 3. The molecule has 0 amide bonds. The number of hydrogen-bond donors (Lipinski definition) is 3. The SMILES string of the molecule is O=[N+]([O-])c1ccc2c(NI)c(O)cc(S(=O)(=O)O)c2c1. The number of anilines is 1. The van der Waals surface area contributed by atoms with Gasteiger partial charge in [0, 0.05) is 29.0 Å². The second-order valence-electron chi connectivity index (χ2n) is 3.83. The van der Waals surface area contributed by atoms with E-state index in [2.05, 4.69) is 3.53 Å². The van der Waals surface area contributed by atoms with Crippen molar-refractivity contribution < 1.29 is 23.0 Å². The topological polar surface area (TPSA) is 130 Å². The van der Waals surface area contributed by atoms with Crippen LogP contribution < -0.4 is 3.53 Å². The van der Waals surface area contributed by atoms with Crippen molar-refractivity contribution in [2.75, 3.05) is 3.53 Å². The summed E-state index contributed by atoms with van der Waals surface area (Å²) in [5.74, 6) is -0.395. The van der Waals surface area contributed by atoms with Gasteiger partial charge in [0.1, 0.15) is 10.6 Å². The zero-order chi connectivity index (χ0) is 15.1. The van der Waals surface area contributed by atoms with E-state index >= 15 is 0 Å². The first kappa shape index (κ1) is 14.7. The number of benzene rings is 2. The Morgan fingerprint density at radius 3 is 2.40 bits per heavy atom. The average molecular weight is 410 g/mol. The van der Waals surface area contributed by atoms with Gasteiger partial charge in [-0.25, -0.2) is 0 Å². The lowest BCUT2D eigenvalue weighted by Gasteiger charge is -2.10. The number of nitro benzene ring substituents is 1.